The molecule has 1 fully saturated rings. The van der Waals surface area contributed by atoms with Crippen molar-refractivity contribution in [2.45, 2.75) is 52.0 Å². The van der Waals surface area contributed by atoms with Crippen molar-refractivity contribution < 1.29 is 9.59 Å². The van der Waals surface area contributed by atoms with E-state index in [2.05, 4.69) is 12.2 Å². The molecule has 2 amide bonds. The van der Waals surface area contributed by atoms with Crippen molar-refractivity contribution in [2.75, 3.05) is 14.1 Å². The third kappa shape index (κ3) is 5.36. The molecule has 0 unspecified atom stereocenters. The summed E-state index contributed by atoms with van der Waals surface area (Å²) in [5, 5.41) is 3.01. The summed E-state index contributed by atoms with van der Waals surface area (Å²) in [4.78, 5) is 25.6. The van der Waals surface area contributed by atoms with E-state index in [0.717, 1.165) is 5.56 Å². The highest BCUT2D eigenvalue weighted by atomic mass is 16.2. The van der Waals surface area contributed by atoms with Gasteiger partial charge >= 0.3 is 0 Å². The third-order valence-electron chi connectivity index (χ3n) is 5.06. The summed E-state index contributed by atoms with van der Waals surface area (Å²) in [6.45, 7) is 2.73. The molecule has 1 aliphatic rings. The maximum Gasteiger partial charge on any atom is 0.253 e. The molecule has 1 aromatic carbocycles. The Morgan fingerprint density at radius 2 is 1.75 bits per heavy atom. The van der Waals surface area contributed by atoms with Crippen LogP contribution in [0.2, 0.25) is 0 Å². The van der Waals surface area contributed by atoms with Gasteiger partial charge < -0.3 is 10.2 Å². The van der Waals surface area contributed by atoms with Crippen LogP contribution in [0.4, 0.5) is 0 Å². The Balaban J connectivity index is 1.77. The predicted octanol–water partition coefficient (Wildman–Crippen LogP) is 3.61. The van der Waals surface area contributed by atoms with E-state index in [0.29, 0.717) is 30.4 Å². The highest BCUT2D eigenvalue weighted by molar-refractivity contribution is 5.93. The normalized spacial score (nSPS) is 16.5. The van der Waals surface area contributed by atoms with Crippen LogP contribution in [-0.4, -0.2) is 30.8 Å². The van der Waals surface area contributed by atoms with Gasteiger partial charge in [0, 0.05) is 32.6 Å². The smallest absolute Gasteiger partial charge is 0.253 e. The van der Waals surface area contributed by atoms with Gasteiger partial charge in [-0.05, 0) is 29.5 Å². The Kier molecular flexibility index (Phi) is 6.83. The lowest BCUT2D eigenvalue weighted by Crippen LogP contribution is -2.27. The van der Waals surface area contributed by atoms with Crippen molar-refractivity contribution in [2.24, 2.45) is 11.8 Å². The van der Waals surface area contributed by atoms with Gasteiger partial charge in [-0.25, -0.2) is 0 Å². The molecule has 0 radical (unpaired) electrons. The molecule has 4 nitrogen and oxygen atoms in total. The lowest BCUT2D eigenvalue weighted by Gasteiger charge is -2.27. The minimum atomic E-state index is -0.00751. The monoisotopic (exact) mass is 330 g/mol. The van der Waals surface area contributed by atoms with Crippen LogP contribution in [0.5, 0.6) is 0 Å². The van der Waals surface area contributed by atoms with Crippen LogP contribution >= 0.6 is 0 Å². The van der Waals surface area contributed by atoms with Crippen molar-refractivity contribution in [3.05, 3.63) is 35.4 Å². The number of hydrogen-bond acceptors (Lipinski definition) is 2. The number of nitrogens with zero attached hydrogens (tertiary/aromatic N) is 1. The molecule has 24 heavy (non-hydrogen) atoms. The van der Waals surface area contributed by atoms with E-state index in [-0.39, 0.29) is 11.8 Å². The van der Waals surface area contributed by atoms with Gasteiger partial charge in [-0.2, -0.15) is 0 Å². The van der Waals surface area contributed by atoms with Crippen molar-refractivity contribution in [1.29, 1.82) is 0 Å². The summed E-state index contributed by atoms with van der Waals surface area (Å²) in [5.41, 5.74) is 1.69. The van der Waals surface area contributed by atoms with Crippen LogP contribution in [0.1, 0.15) is 61.4 Å². The Bertz CT molecular complexity index is 545. The topological polar surface area (TPSA) is 49.4 Å². The number of nitrogens with one attached hydrogen (secondary N) is 1. The first-order valence-corrected chi connectivity index (χ1v) is 9.04. The Morgan fingerprint density at radius 3 is 2.33 bits per heavy atom. The Hall–Kier alpha value is -1.84. The number of benzene rings is 1. The van der Waals surface area contributed by atoms with Crippen LogP contribution in [-0.2, 0) is 11.3 Å². The number of carbonyl (C=O) groups is 2. The molecule has 1 aliphatic carbocycles. The fraction of sp³-hybridized carbons (Fsp3) is 0.600. The van der Waals surface area contributed by atoms with Gasteiger partial charge in [0.2, 0.25) is 5.91 Å². The van der Waals surface area contributed by atoms with Gasteiger partial charge in [-0.3, -0.25) is 9.59 Å². The van der Waals surface area contributed by atoms with E-state index >= 15 is 0 Å². The molecular formula is C20H30N2O2. The van der Waals surface area contributed by atoms with Gasteiger partial charge in [0.1, 0.15) is 0 Å². The van der Waals surface area contributed by atoms with Gasteiger partial charge in [0.05, 0.1) is 0 Å². The molecule has 0 aliphatic heterocycles. The number of carbonyl (C=O) groups excluding carboxylic acids is 2. The summed E-state index contributed by atoms with van der Waals surface area (Å²) in [6.07, 6.45) is 7.14. The molecule has 1 saturated carbocycles. The quantitative estimate of drug-likeness (QED) is 0.866. The van der Waals surface area contributed by atoms with Crippen LogP contribution < -0.4 is 5.32 Å². The number of amides is 2. The van der Waals surface area contributed by atoms with E-state index < -0.39 is 0 Å². The first-order valence-electron chi connectivity index (χ1n) is 9.04. The van der Waals surface area contributed by atoms with Crippen molar-refractivity contribution in [1.82, 2.24) is 10.2 Å². The summed E-state index contributed by atoms with van der Waals surface area (Å²) in [5.74, 6) is 1.29. The minimum absolute atomic E-state index is 0.00751. The summed E-state index contributed by atoms with van der Waals surface area (Å²) >= 11 is 0. The first kappa shape index (κ1) is 18.5. The van der Waals surface area contributed by atoms with Gasteiger partial charge in [0.25, 0.3) is 5.91 Å². The summed E-state index contributed by atoms with van der Waals surface area (Å²) in [7, 11) is 3.48. The molecule has 2 rings (SSSR count). The molecule has 0 bridgehead atoms. The first-order chi connectivity index (χ1) is 11.5. The van der Waals surface area contributed by atoms with Gasteiger partial charge in [0.15, 0.2) is 0 Å². The fourth-order valence-corrected chi connectivity index (χ4v) is 3.46. The second-order valence-electron chi connectivity index (χ2n) is 7.25. The van der Waals surface area contributed by atoms with Crippen LogP contribution in [0, 0.1) is 11.8 Å². The molecule has 0 spiro atoms. The molecule has 0 saturated heterocycles. The zero-order chi connectivity index (χ0) is 17.5. The van der Waals surface area contributed by atoms with Crippen molar-refractivity contribution in [3.63, 3.8) is 0 Å². The van der Waals surface area contributed by atoms with E-state index in [1.54, 1.807) is 19.0 Å². The second-order valence-corrected chi connectivity index (χ2v) is 7.25. The minimum Gasteiger partial charge on any atom is -0.352 e. The standard InChI is InChI=1S/C20H30N2O2/c1-15(17-7-5-4-6-8-17)13-19(23)21-14-16-9-11-18(12-10-16)20(24)22(2)3/h9-12,15,17H,4-8,13-14H2,1-3H3,(H,21,23)/t15-/m1/s1. The Morgan fingerprint density at radius 1 is 1.12 bits per heavy atom. The van der Waals surface area contributed by atoms with E-state index in [4.69, 9.17) is 0 Å². The van der Waals surface area contributed by atoms with Crippen LogP contribution in [0.25, 0.3) is 0 Å². The van der Waals surface area contributed by atoms with Gasteiger partial charge in [-0.1, -0.05) is 51.2 Å². The highest BCUT2D eigenvalue weighted by Gasteiger charge is 2.22. The number of rotatable bonds is 6. The SMILES string of the molecule is C[C@H](CC(=O)NCc1ccc(C(=O)N(C)C)cc1)C1CCCCC1. The maximum absolute atomic E-state index is 12.2. The molecule has 1 N–H and O–H groups in total. The molecule has 4 heteroatoms. The van der Waals surface area contributed by atoms with E-state index in [1.807, 2.05) is 24.3 Å². The van der Waals surface area contributed by atoms with Crippen molar-refractivity contribution in [3.8, 4) is 0 Å². The lowest BCUT2D eigenvalue weighted by atomic mass is 9.79. The van der Waals surface area contributed by atoms with Crippen LogP contribution in [0.15, 0.2) is 24.3 Å². The number of hydrogen-bond donors (Lipinski definition) is 1. The highest BCUT2D eigenvalue weighted by Crippen LogP contribution is 2.31. The predicted molar refractivity (Wildman–Crippen MR) is 96.7 cm³/mol. The maximum atomic E-state index is 12.2. The van der Waals surface area contributed by atoms with Gasteiger partial charge in [-0.15, -0.1) is 0 Å². The lowest BCUT2D eigenvalue weighted by molar-refractivity contribution is -0.122. The Labute approximate surface area is 145 Å². The summed E-state index contributed by atoms with van der Waals surface area (Å²) < 4.78 is 0. The molecule has 1 aromatic rings. The second kappa shape index (κ2) is 8.86. The molecule has 0 aromatic heterocycles. The van der Waals surface area contributed by atoms with E-state index in [9.17, 15) is 9.59 Å². The fourth-order valence-electron chi connectivity index (χ4n) is 3.46. The van der Waals surface area contributed by atoms with E-state index in [1.165, 1.54) is 32.1 Å². The van der Waals surface area contributed by atoms with Crippen LogP contribution in [0.3, 0.4) is 0 Å². The largest absolute Gasteiger partial charge is 0.352 e. The van der Waals surface area contributed by atoms with Crippen molar-refractivity contribution >= 4 is 11.8 Å². The average molecular weight is 330 g/mol. The molecule has 1 atom stereocenters. The molecule has 0 heterocycles. The summed E-state index contributed by atoms with van der Waals surface area (Å²) in [6, 6.07) is 7.44. The zero-order valence-corrected chi connectivity index (χ0v) is 15.2. The molecule has 132 valence electrons. The molecular weight excluding hydrogens is 300 g/mol. The third-order valence-corrected chi connectivity index (χ3v) is 5.06. The average Bonchev–Trinajstić information content (AvgIpc) is 2.60. The zero-order valence-electron chi connectivity index (χ0n) is 15.2.